The van der Waals surface area contributed by atoms with Crippen molar-refractivity contribution in [2.75, 3.05) is 6.54 Å². The first-order valence-corrected chi connectivity index (χ1v) is 8.37. The normalized spacial score (nSPS) is 22.4. The summed E-state index contributed by atoms with van der Waals surface area (Å²) in [6.07, 6.45) is 2.47. The van der Waals surface area contributed by atoms with Gasteiger partial charge in [-0.15, -0.1) is 0 Å². The lowest BCUT2D eigenvalue weighted by atomic mass is 10.1. The first-order chi connectivity index (χ1) is 9.85. The van der Waals surface area contributed by atoms with Gasteiger partial charge in [0, 0.05) is 18.2 Å². The molecule has 9 heteroatoms. The van der Waals surface area contributed by atoms with Gasteiger partial charge in [0.25, 0.3) is 5.69 Å². The Balaban J connectivity index is 2.31. The zero-order valence-electron chi connectivity index (χ0n) is 11.2. The van der Waals surface area contributed by atoms with Gasteiger partial charge in [0.15, 0.2) is 0 Å². The lowest BCUT2D eigenvalue weighted by Crippen LogP contribution is -2.39. The average molecular weight is 334 g/mol. The summed E-state index contributed by atoms with van der Waals surface area (Å²) in [5.74, 6) is 0.0808. The summed E-state index contributed by atoms with van der Waals surface area (Å²) in [6.45, 7) is 0.399. The van der Waals surface area contributed by atoms with Gasteiger partial charge >= 0.3 is 0 Å². The fourth-order valence-electron chi connectivity index (χ4n) is 2.55. The van der Waals surface area contributed by atoms with Crippen LogP contribution in [0.1, 0.15) is 19.3 Å². The van der Waals surface area contributed by atoms with Gasteiger partial charge in [0.2, 0.25) is 10.0 Å². The number of nitrogens with zero attached hydrogens (tertiary/aromatic N) is 1. The highest BCUT2D eigenvalue weighted by atomic mass is 35.5. The van der Waals surface area contributed by atoms with Crippen LogP contribution in [0.2, 0.25) is 5.02 Å². The lowest BCUT2D eigenvalue weighted by molar-refractivity contribution is -0.385. The van der Waals surface area contributed by atoms with Gasteiger partial charge < -0.3 is 5.73 Å². The second kappa shape index (κ2) is 6.27. The van der Waals surface area contributed by atoms with E-state index in [-0.39, 0.29) is 27.6 Å². The van der Waals surface area contributed by atoms with Crippen molar-refractivity contribution in [3.8, 4) is 0 Å². The van der Waals surface area contributed by atoms with Gasteiger partial charge in [-0.1, -0.05) is 18.0 Å². The molecule has 1 aromatic carbocycles. The number of hydrogen-bond acceptors (Lipinski definition) is 5. The van der Waals surface area contributed by atoms with Crippen LogP contribution >= 0.6 is 11.6 Å². The number of nitro benzene ring substituents is 1. The van der Waals surface area contributed by atoms with Crippen LogP contribution in [0.3, 0.4) is 0 Å². The zero-order valence-corrected chi connectivity index (χ0v) is 12.7. The molecule has 1 saturated carbocycles. The van der Waals surface area contributed by atoms with Gasteiger partial charge in [-0.2, -0.15) is 0 Å². The second-order valence-corrected chi connectivity index (χ2v) is 7.12. The molecule has 1 aliphatic rings. The maximum atomic E-state index is 12.4. The summed E-state index contributed by atoms with van der Waals surface area (Å²) in [5, 5.41) is 10.7. The number of non-ortho nitro benzene ring substituents is 1. The molecule has 0 aromatic heterocycles. The first kappa shape index (κ1) is 16.2. The van der Waals surface area contributed by atoms with Crippen molar-refractivity contribution >= 4 is 27.3 Å². The number of hydrogen-bond donors (Lipinski definition) is 2. The van der Waals surface area contributed by atoms with Crippen molar-refractivity contribution in [2.24, 2.45) is 11.7 Å². The van der Waals surface area contributed by atoms with E-state index >= 15 is 0 Å². The minimum Gasteiger partial charge on any atom is -0.330 e. The lowest BCUT2D eigenvalue weighted by Gasteiger charge is -2.19. The van der Waals surface area contributed by atoms with Crippen LogP contribution in [-0.4, -0.2) is 25.9 Å². The predicted octanol–water partition coefficient (Wildman–Crippen LogP) is 1.65. The van der Waals surface area contributed by atoms with Crippen molar-refractivity contribution in [3.63, 3.8) is 0 Å². The molecule has 1 aliphatic carbocycles. The molecular weight excluding hydrogens is 318 g/mol. The summed E-state index contributed by atoms with van der Waals surface area (Å²) in [6, 6.07) is 3.09. The molecule has 0 radical (unpaired) electrons. The van der Waals surface area contributed by atoms with Gasteiger partial charge in [0.1, 0.15) is 4.90 Å². The smallest absolute Gasteiger partial charge is 0.270 e. The van der Waals surface area contributed by atoms with Crippen LogP contribution in [0.25, 0.3) is 0 Å². The molecule has 116 valence electrons. The molecule has 0 spiro atoms. The minimum absolute atomic E-state index is 0.0459. The molecule has 1 aromatic rings. The van der Waals surface area contributed by atoms with Crippen molar-refractivity contribution in [3.05, 3.63) is 33.3 Å². The number of halogens is 1. The molecule has 3 N–H and O–H groups in total. The van der Waals surface area contributed by atoms with Gasteiger partial charge in [-0.3, -0.25) is 10.1 Å². The quantitative estimate of drug-likeness (QED) is 0.628. The van der Waals surface area contributed by atoms with E-state index in [2.05, 4.69) is 4.72 Å². The summed E-state index contributed by atoms with van der Waals surface area (Å²) < 4.78 is 27.3. The third-order valence-corrected chi connectivity index (χ3v) is 5.65. The molecule has 7 nitrogen and oxygen atoms in total. The summed E-state index contributed by atoms with van der Waals surface area (Å²) in [7, 11) is -3.92. The third kappa shape index (κ3) is 3.52. The van der Waals surface area contributed by atoms with E-state index in [1.54, 1.807) is 0 Å². The summed E-state index contributed by atoms with van der Waals surface area (Å²) in [5.41, 5.74) is 5.31. The van der Waals surface area contributed by atoms with Crippen LogP contribution in [0.4, 0.5) is 5.69 Å². The Morgan fingerprint density at radius 2 is 2.14 bits per heavy atom. The molecule has 0 bridgehead atoms. The minimum atomic E-state index is -3.92. The highest BCUT2D eigenvalue weighted by Crippen LogP contribution is 2.29. The van der Waals surface area contributed by atoms with Crippen LogP contribution in [0.5, 0.6) is 0 Å². The van der Waals surface area contributed by atoms with Crippen molar-refractivity contribution in [2.45, 2.75) is 30.2 Å². The third-order valence-electron chi connectivity index (χ3n) is 3.68. The number of sulfonamides is 1. The van der Waals surface area contributed by atoms with Gasteiger partial charge in [0.05, 0.1) is 9.95 Å². The molecule has 1 fully saturated rings. The van der Waals surface area contributed by atoms with E-state index < -0.39 is 14.9 Å². The zero-order chi connectivity index (χ0) is 15.6. The van der Waals surface area contributed by atoms with Crippen LogP contribution in [0.15, 0.2) is 23.1 Å². The molecular formula is C12H16ClN3O4S. The van der Waals surface area contributed by atoms with E-state index in [9.17, 15) is 18.5 Å². The van der Waals surface area contributed by atoms with E-state index in [4.69, 9.17) is 17.3 Å². The molecule has 0 aliphatic heterocycles. The van der Waals surface area contributed by atoms with Crippen molar-refractivity contribution in [1.82, 2.24) is 4.72 Å². The Bertz CT molecular complexity index is 650. The van der Waals surface area contributed by atoms with Gasteiger partial charge in [-0.05, 0) is 31.4 Å². The highest BCUT2D eigenvalue weighted by molar-refractivity contribution is 7.89. The number of nitrogens with one attached hydrogen (secondary N) is 1. The molecule has 0 amide bonds. The topological polar surface area (TPSA) is 115 Å². The van der Waals surface area contributed by atoms with Crippen LogP contribution in [-0.2, 0) is 10.0 Å². The Labute approximate surface area is 127 Å². The summed E-state index contributed by atoms with van der Waals surface area (Å²) in [4.78, 5) is 9.83. The Hall–Kier alpha value is -1.22. The Kier molecular flexibility index (Phi) is 4.82. The number of rotatable bonds is 5. The van der Waals surface area contributed by atoms with E-state index in [1.807, 2.05) is 0 Å². The maximum Gasteiger partial charge on any atom is 0.270 e. The molecule has 2 rings (SSSR count). The fraction of sp³-hybridized carbons (Fsp3) is 0.500. The Morgan fingerprint density at radius 3 is 2.76 bits per heavy atom. The maximum absolute atomic E-state index is 12.4. The molecule has 0 saturated heterocycles. The largest absolute Gasteiger partial charge is 0.330 e. The number of nitrogens with two attached hydrogens (primary N) is 1. The van der Waals surface area contributed by atoms with Crippen molar-refractivity contribution in [1.29, 1.82) is 0 Å². The molecule has 2 atom stereocenters. The summed E-state index contributed by atoms with van der Waals surface area (Å²) >= 11 is 5.87. The van der Waals surface area contributed by atoms with Crippen LogP contribution < -0.4 is 10.5 Å². The second-order valence-electron chi connectivity index (χ2n) is 5.03. The highest BCUT2D eigenvalue weighted by Gasteiger charge is 2.31. The average Bonchev–Trinajstić information content (AvgIpc) is 2.85. The van der Waals surface area contributed by atoms with E-state index in [1.165, 1.54) is 12.1 Å². The Morgan fingerprint density at radius 1 is 1.43 bits per heavy atom. The number of nitro groups is 1. The molecule has 21 heavy (non-hydrogen) atoms. The predicted molar refractivity (Wildman–Crippen MR) is 78.6 cm³/mol. The molecule has 2 unspecified atom stereocenters. The standard InChI is InChI=1S/C12H16ClN3O4S/c13-10-5-4-9(16(17)18)6-12(10)21(19,20)15-11-3-1-2-8(11)7-14/h4-6,8,11,15H,1-3,7,14H2. The SMILES string of the molecule is NCC1CCCC1NS(=O)(=O)c1cc([N+](=O)[O-])ccc1Cl. The van der Waals surface area contributed by atoms with E-state index in [0.29, 0.717) is 13.0 Å². The van der Waals surface area contributed by atoms with Crippen LogP contribution in [0, 0.1) is 16.0 Å². The van der Waals surface area contributed by atoms with Gasteiger partial charge in [-0.25, -0.2) is 13.1 Å². The first-order valence-electron chi connectivity index (χ1n) is 6.51. The molecule has 0 heterocycles. The fourth-order valence-corrected chi connectivity index (χ4v) is 4.41. The number of benzene rings is 1. The monoisotopic (exact) mass is 333 g/mol. The van der Waals surface area contributed by atoms with Crippen molar-refractivity contribution < 1.29 is 13.3 Å². The van der Waals surface area contributed by atoms with E-state index in [0.717, 1.165) is 18.9 Å².